The van der Waals surface area contributed by atoms with Crippen LogP contribution in [0.25, 0.3) is 17.2 Å². The predicted octanol–water partition coefficient (Wildman–Crippen LogP) is 2.65. The minimum atomic E-state index is -4.59. The van der Waals surface area contributed by atoms with Crippen LogP contribution in [0.1, 0.15) is 17.3 Å². The Balaban J connectivity index is 1.55. The van der Waals surface area contributed by atoms with E-state index in [1.54, 1.807) is 0 Å². The quantitative estimate of drug-likeness (QED) is 0.600. The lowest BCUT2D eigenvalue weighted by Gasteiger charge is -2.03. The zero-order valence-corrected chi connectivity index (χ0v) is 13.0. The van der Waals surface area contributed by atoms with Crippen molar-refractivity contribution in [2.24, 2.45) is 0 Å². The van der Waals surface area contributed by atoms with Crippen LogP contribution < -0.4 is 0 Å². The van der Waals surface area contributed by atoms with Gasteiger partial charge in [-0.1, -0.05) is 23.4 Å². The average Bonchev–Trinajstić information content (AvgIpc) is 3.35. The van der Waals surface area contributed by atoms with Gasteiger partial charge in [-0.15, -0.1) is 0 Å². The molecule has 3 aromatic heterocycles. The van der Waals surface area contributed by atoms with Crippen LogP contribution >= 0.6 is 0 Å². The first-order valence-corrected chi connectivity index (χ1v) is 7.41. The minimum absolute atomic E-state index is 0.108. The molecule has 0 aliphatic carbocycles. The highest BCUT2D eigenvalue weighted by molar-refractivity contribution is 5.52. The Morgan fingerprint density at radius 1 is 1.15 bits per heavy atom. The molecule has 0 radical (unpaired) electrons. The van der Waals surface area contributed by atoms with Crippen LogP contribution in [-0.2, 0) is 12.6 Å². The van der Waals surface area contributed by atoms with Gasteiger partial charge in [-0.3, -0.25) is 0 Å². The minimum Gasteiger partial charge on any atom is -0.340 e. The molecule has 0 fully saturated rings. The smallest absolute Gasteiger partial charge is 0.340 e. The van der Waals surface area contributed by atoms with E-state index >= 15 is 0 Å². The van der Waals surface area contributed by atoms with Crippen molar-refractivity contribution in [1.82, 2.24) is 35.1 Å². The Bertz CT molecular complexity index is 1020. The molecule has 0 spiro atoms. The van der Waals surface area contributed by atoms with Gasteiger partial charge in [0.2, 0.25) is 11.7 Å². The number of rotatable bonds is 4. The molecule has 132 valence electrons. The van der Waals surface area contributed by atoms with E-state index < -0.39 is 17.6 Å². The summed E-state index contributed by atoms with van der Waals surface area (Å²) in [5, 5.41) is 12.0. The van der Waals surface area contributed by atoms with Crippen LogP contribution in [0.3, 0.4) is 0 Å². The maximum Gasteiger partial charge on any atom is 0.433 e. The van der Waals surface area contributed by atoms with Gasteiger partial charge in [-0.05, 0) is 12.1 Å². The molecule has 4 rings (SSSR count). The second-order valence-electron chi connectivity index (χ2n) is 5.27. The summed E-state index contributed by atoms with van der Waals surface area (Å²) >= 11 is 0. The van der Waals surface area contributed by atoms with E-state index in [1.165, 1.54) is 11.0 Å². The molecule has 1 N–H and O–H groups in total. The number of para-hydroxylation sites is 1. The Morgan fingerprint density at radius 2 is 1.96 bits per heavy atom. The fourth-order valence-electron chi connectivity index (χ4n) is 2.32. The summed E-state index contributed by atoms with van der Waals surface area (Å²) in [6, 6.07) is 9.25. The highest BCUT2D eigenvalue weighted by Crippen LogP contribution is 2.33. The third kappa shape index (κ3) is 3.06. The van der Waals surface area contributed by atoms with E-state index in [1.807, 2.05) is 35.3 Å². The van der Waals surface area contributed by atoms with Crippen molar-refractivity contribution >= 4 is 0 Å². The molecule has 1 aromatic carbocycles. The fourth-order valence-corrected chi connectivity index (χ4v) is 2.32. The Morgan fingerprint density at radius 3 is 2.73 bits per heavy atom. The average molecular weight is 361 g/mol. The maximum absolute atomic E-state index is 12.9. The number of aromatic nitrogens is 7. The number of imidazole rings is 1. The third-order valence-electron chi connectivity index (χ3n) is 3.46. The van der Waals surface area contributed by atoms with Gasteiger partial charge >= 0.3 is 6.18 Å². The summed E-state index contributed by atoms with van der Waals surface area (Å²) in [7, 11) is 0. The molecule has 0 aliphatic rings. The van der Waals surface area contributed by atoms with Gasteiger partial charge in [0.05, 0.1) is 30.3 Å². The maximum atomic E-state index is 12.9. The number of hydrogen-bond donors (Lipinski definition) is 1. The number of nitrogens with one attached hydrogen (secondary N) is 1. The summed E-state index contributed by atoms with van der Waals surface area (Å²) in [6.07, 6.45) is -2.01. The van der Waals surface area contributed by atoms with Gasteiger partial charge < -0.3 is 9.51 Å². The zero-order chi connectivity index (χ0) is 18.1. The lowest BCUT2D eigenvalue weighted by atomic mass is 10.3. The first kappa shape index (κ1) is 16.0. The molecule has 0 saturated carbocycles. The van der Waals surface area contributed by atoms with Crippen LogP contribution in [0, 0.1) is 0 Å². The van der Waals surface area contributed by atoms with E-state index in [2.05, 4.69) is 25.3 Å². The summed E-state index contributed by atoms with van der Waals surface area (Å²) in [5.41, 5.74) is -0.140. The summed E-state index contributed by atoms with van der Waals surface area (Å²) < 4.78 is 43.7. The number of benzene rings is 1. The molecule has 0 bridgehead atoms. The first-order valence-electron chi connectivity index (χ1n) is 7.41. The molecule has 0 unspecified atom stereocenters. The van der Waals surface area contributed by atoms with E-state index in [-0.39, 0.29) is 18.1 Å². The number of halogens is 3. The first-order chi connectivity index (χ1) is 12.5. The second kappa shape index (κ2) is 6.10. The second-order valence-corrected chi connectivity index (χ2v) is 5.27. The van der Waals surface area contributed by atoms with E-state index in [4.69, 9.17) is 4.52 Å². The molecule has 0 saturated heterocycles. The van der Waals surface area contributed by atoms with Crippen LogP contribution in [-0.4, -0.2) is 35.1 Å². The van der Waals surface area contributed by atoms with Crippen LogP contribution in [0.5, 0.6) is 0 Å². The summed E-state index contributed by atoms with van der Waals surface area (Å²) in [4.78, 5) is 11.1. The van der Waals surface area contributed by atoms with Crippen LogP contribution in [0.2, 0.25) is 0 Å². The summed E-state index contributed by atoms with van der Waals surface area (Å²) in [5.74, 6) is -0.139. The largest absolute Gasteiger partial charge is 0.433 e. The monoisotopic (exact) mass is 361 g/mol. The van der Waals surface area contributed by atoms with Crippen molar-refractivity contribution in [3.8, 4) is 17.2 Å². The molecular formula is C15H10F3N7O. The van der Waals surface area contributed by atoms with Crippen molar-refractivity contribution in [1.29, 1.82) is 0 Å². The molecule has 0 aliphatic heterocycles. The van der Waals surface area contributed by atoms with Crippen LogP contribution in [0.15, 0.2) is 47.4 Å². The number of hydrogen-bond acceptors (Lipinski definition) is 6. The lowest BCUT2D eigenvalue weighted by Crippen LogP contribution is -2.07. The Hall–Kier alpha value is -3.50. The number of H-pyrrole nitrogens is 1. The highest BCUT2D eigenvalue weighted by Gasteiger charge is 2.37. The van der Waals surface area contributed by atoms with E-state index in [0.29, 0.717) is 5.69 Å². The molecule has 0 amide bonds. The highest BCUT2D eigenvalue weighted by atomic mass is 19.4. The molecule has 8 nitrogen and oxygen atoms in total. The van der Waals surface area contributed by atoms with Crippen molar-refractivity contribution in [3.63, 3.8) is 0 Å². The van der Waals surface area contributed by atoms with Crippen molar-refractivity contribution in [2.45, 2.75) is 12.6 Å². The van der Waals surface area contributed by atoms with Gasteiger partial charge in [-0.2, -0.15) is 33.1 Å². The van der Waals surface area contributed by atoms with Gasteiger partial charge in [0.15, 0.2) is 5.69 Å². The Labute approximate surface area is 143 Å². The van der Waals surface area contributed by atoms with Gasteiger partial charge in [0, 0.05) is 0 Å². The summed E-state index contributed by atoms with van der Waals surface area (Å²) in [6.45, 7) is 0. The topological polar surface area (TPSA) is 98.3 Å². The van der Waals surface area contributed by atoms with Crippen molar-refractivity contribution in [2.75, 3.05) is 0 Å². The molecule has 26 heavy (non-hydrogen) atoms. The Kier molecular flexibility index (Phi) is 3.75. The zero-order valence-electron chi connectivity index (χ0n) is 13.0. The van der Waals surface area contributed by atoms with Gasteiger partial charge in [0.1, 0.15) is 5.69 Å². The standard InChI is InChI=1S/C15H10F3N7O/c16-15(17,18)13-12(19-8-20-13)14-22-11(26-24-14)6-9-7-21-25(23-9)10-4-2-1-3-5-10/h1-5,7-8H,6H2,(H,19,20). The van der Waals surface area contributed by atoms with Crippen molar-refractivity contribution in [3.05, 3.63) is 60.1 Å². The number of aromatic amines is 1. The normalized spacial score (nSPS) is 11.8. The SMILES string of the molecule is FC(F)(F)c1[nH]cnc1-c1noc(Cc2cnn(-c3ccccc3)n2)n1. The van der Waals surface area contributed by atoms with Crippen LogP contribution in [0.4, 0.5) is 13.2 Å². The molecule has 0 atom stereocenters. The number of nitrogens with zero attached hydrogens (tertiary/aromatic N) is 6. The predicted molar refractivity (Wildman–Crippen MR) is 81.0 cm³/mol. The van der Waals surface area contributed by atoms with E-state index in [0.717, 1.165) is 12.0 Å². The third-order valence-corrected chi connectivity index (χ3v) is 3.46. The van der Waals surface area contributed by atoms with Crippen molar-refractivity contribution < 1.29 is 17.7 Å². The molecule has 3 heterocycles. The number of alkyl halides is 3. The van der Waals surface area contributed by atoms with Gasteiger partial charge in [-0.25, -0.2) is 4.98 Å². The fraction of sp³-hybridized carbons (Fsp3) is 0.133. The molecule has 11 heteroatoms. The van der Waals surface area contributed by atoms with E-state index in [9.17, 15) is 13.2 Å². The molecule has 4 aromatic rings. The van der Waals surface area contributed by atoms with Gasteiger partial charge in [0.25, 0.3) is 0 Å². The molecular weight excluding hydrogens is 351 g/mol. The lowest BCUT2D eigenvalue weighted by molar-refractivity contribution is -0.140.